The third-order valence-electron chi connectivity index (χ3n) is 11.1. The molecule has 1 spiro atoms. The largest absolute Gasteiger partial charge is 0.466 e. The van der Waals surface area contributed by atoms with Gasteiger partial charge in [-0.2, -0.15) is 0 Å². The van der Waals surface area contributed by atoms with Crippen molar-refractivity contribution in [2.45, 2.75) is 57.7 Å². The van der Waals surface area contributed by atoms with Crippen LogP contribution < -0.4 is 36.0 Å². The van der Waals surface area contributed by atoms with Crippen molar-refractivity contribution in [3.05, 3.63) is 123 Å². The van der Waals surface area contributed by atoms with Gasteiger partial charge in [0, 0.05) is 92.8 Å². The Hall–Kier alpha value is -6.90. The second-order valence-corrected chi connectivity index (χ2v) is 15.4. The Labute approximate surface area is 354 Å². The second-order valence-electron chi connectivity index (χ2n) is 15.4. The second kappa shape index (κ2) is 18.6. The van der Waals surface area contributed by atoms with E-state index in [9.17, 15) is 28.8 Å². The SMILES string of the molecule is CCC(CC)CNC(=O)Cn1cccc(NC(=O)[C@H](CC/C=C/C(=O)OC)NC(=O)c2ccc3c(c2)C(=O)OC32c3ccc(N(C)C)cc3Oc3cc(N(C)C)ccc32)c1=O. The maximum atomic E-state index is 14.0. The molecule has 61 heavy (non-hydrogen) atoms. The van der Waals surface area contributed by atoms with E-state index < -0.39 is 41.0 Å². The summed E-state index contributed by atoms with van der Waals surface area (Å²) in [5, 5.41) is 8.22. The third-order valence-corrected chi connectivity index (χ3v) is 11.1. The van der Waals surface area contributed by atoms with Crippen molar-refractivity contribution in [1.82, 2.24) is 15.2 Å². The van der Waals surface area contributed by atoms with Crippen molar-refractivity contribution < 1.29 is 38.2 Å². The van der Waals surface area contributed by atoms with Crippen LogP contribution in [0.4, 0.5) is 17.1 Å². The van der Waals surface area contributed by atoms with Gasteiger partial charge in [0.05, 0.1) is 12.7 Å². The molecule has 0 bridgehead atoms. The number of rotatable bonds is 16. The highest BCUT2D eigenvalue weighted by Crippen LogP contribution is 2.57. The van der Waals surface area contributed by atoms with Gasteiger partial charge in [0.1, 0.15) is 29.8 Å². The number of pyridine rings is 1. The molecule has 3 heterocycles. The van der Waals surface area contributed by atoms with E-state index in [0.29, 0.717) is 40.7 Å². The van der Waals surface area contributed by atoms with Crippen molar-refractivity contribution in [3.63, 3.8) is 0 Å². The van der Waals surface area contributed by atoms with Gasteiger partial charge < -0.3 is 44.5 Å². The number of benzene rings is 3. The molecule has 0 radical (unpaired) electrons. The topological polar surface area (TPSA) is 178 Å². The molecular formula is C46H52N6O9. The zero-order chi connectivity index (χ0) is 44.0. The van der Waals surface area contributed by atoms with Crippen molar-refractivity contribution in [2.75, 3.05) is 57.0 Å². The van der Waals surface area contributed by atoms with Crippen LogP contribution in [0.3, 0.4) is 0 Å². The van der Waals surface area contributed by atoms with Crippen molar-refractivity contribution in [2.24, 2.45) is 5.92 Å². The van der Waals surface area contributed by atoms with Gasteiger partial charge in [-0.3, -0.25) is 19.2 Å². The summed E-state index contributed by atoms with van der Waals surface area (Å²) in [6.45, 7) is 4.33. The number of fused-ring (bicyclic) bond motifs is 6. The summed E-state index contributed by atoms with van der Waals surface area (Å²) in [5.41, 5.74) is 1.66. The number of ether oxygens (including phenoxy) is 3. The summed E-state index contributed by atoms with van der Waals surface area (Å²) in [6.07, 6.45) is 6.18. The molecule has 15 nitrogen and oxygen atoms in total. The van der Waals surface area contributed by atoms with E-state index >= 15 is 0 Å². The summed E-state index contributed by atoms with van der Waals surface area (Å²) in [4.78, 5) is 83.4. The van der Waals surface area contributed by atoms with Crippen molar-refractivity contribution in [3.8, 4) is 11.5 Å². The molecule has 6 rings (SSSR count). The van der Waals surface area contributed by atoms with Crippen LogP contribution in [0.5, 0.6) is 11.5 Å². The predicted octanol–water partition coefficient (Wildman–Crippen LogP) is 5.35. The lowest BCUT2D eigenvalue weighted by molar-refractivity contribution is -0.134. The first-order valence-electron chi connectivity index (χ1n) is 20.2. The molecule has 0 saturated carbocycles. The normalized spacial score (nSPS) is 13.7. The average Bonchev–Trinajstić information content (AvgIpc) is 3.54. The molecule has 0 unspecified atom stereocenters. The molecule has 4 aromatic rings. The zero-order valence-electron chi connectivity index (χ0n) is 35.5. The first-order chi connectivity index (χ1) is 29.2. The quantitative estimate of drug-likeness (QED) is 0.0981. The Bertz CT molecular complexity index is 2380. The van der Waals surface area contributed by atoms with Crippen molar-refractivity contribution >= 4 is 46.7 Å². The molecule has 0 saturated heterocycles. The zero-order valence-corrected chi connectivity index (χ0v) is 35.5. The van der Waals surface area contributed by atoms with E-state index in [2.05, 4.69) is 20.7 Å². The lowest BCUT2D eigenvalue weighted by Gasteiger charge is -2.37. The Morgan fingerprint density at radius 2 is 1.51 bits per heavy atom. The Balaban J connectivity index is 1.28. The number of hydrogen-bond acceptors (Lipinski definition) is 11. The van der Waals surface area contributed by atoms with Crippen LogP contribution in [0.2, 0.25) is 0 Å². The third kappa shape index (κ3) is 9.15. The molecule has 3 aromatic carbocycles. The number of carbonyl (C=O) groups is 5. The maximum Gasteiger partial charge on any atom is 0.340 e. The lowest BCUT2D eigenvalue weighted by atomic mass is 9.77. The number of anilines is 3. The highest BCUT2D eigenvalue weighted by Gasteiger charge is 2.54. The first kappa shape index (κ1) is 43.7. The number of esters is 2. The Morgan fingerprint density at radius 3 is 2.11 bits per heavy atom. The number of methoxy groups -OCH3 is 1. The number of amides is 3. The number of allylic oxidation sites excluding steroid dienone is 1. The van der Waals surface area contributed by atoms with Crippen LogP contribution >= 0.6 is 0 Å². The molecule has 2 aliphatic heterocycles. The van der Waals surface area contributed by atoms with Gasteiger partial charge in [-0.1, -0.05) is 38.8 Å². The van der Waals surface area contributed by atoms with Gasteiger partial charge >= 0.3 is 11.9 Å². The van der Waals surface area contributed by atoms with E-state index in [1.807, 2.05) is 88.2 Å². The molecule has 0 aliphatic carbocycles. The molecule has 3 amide bonds. The fourth-order valence-electron chi connectivity index (χ4n) is 7.45. The smallest absolute Gasteiger partial charge is 0.340 e. The highest BCUT2D eigenvalue weighted by atomic mass is 16.6. The minimum atomic E-state index is -1.38. The minimum absolute atomic E-state index is 0.0258. The molecular weight excluding hydrogens is 781 g/mol. The van der Waals surface area contributed by atoms with E-state index in [-0.39, 0.29) is 42.1 Å². The fourth-order valence-corrected chi connectivity index (χ4v) is 7.45. The van der Waals surface area contributed by atoms with Crippen LogP contribution in [0.25, 0.3) is 0 Å². The van der Waals surface area contributed by atoms with Crippen LogP contribution in [-0.4, -0.2) is 82.1 Å². The van der Waals surface area contributed by atoms with Crippen LogP contribution in [0.1, 0.15) is 76.9 Å². The Morgan fingerprint density at radius 1 is 0.869 bits per heavy atom. The Kier molecular flexibility index (Phi) is 13.3. The lowest BCUT2D eigenvalue weighted by Crippen LogP contribution is -2.44. The predicted molar refractivity (Wildman–Crippen MR) is 231 cm³/mol. The monoisotopic (exact) mass is 832 g/mol. The molecule has 15 heteroatoms. The van der Waals surface area contributed by atoms with Gasteiger partial charge in [0.25, 0.3) is 11.5 Å². The van der Waals surface area contributed by atoms with Gasteiger partial charge in [-0.25, -0.2) is 9.59 Å². The van der Waals surface area contributed by atoms with Crippen LogP contribution in [0.15, 0.2) is 89.9 Å². The maximum absolute atomic E-state index is 14.0. The molecule has 1 atom stereocenters. The van der Waals surface area contributed by atoms with E-state index in [1.54, 1.807) is 12.1 Å². The standard InChI is InChI=1S/C46H52N6O9/c1-8-28(9-2)26-47-40(53)27-52-22-12-14-37(44(52)57)49-43(56)36(13-10-11-15-41(54)59-7)48-42(55)29-16-19-33-32(23-29)45(58)61-46(33)34-20-17-30(50(3)4)24-38(34)60-39-25-31(51(5)6)18-21-35(39)46/h11-12,14-25,28,36H,8-10,13,26-27H2,1-7H3,(H,47,53)(H,48,55)(H,49,56)/b15-11+/t36-/m0/s1. The van der Waals surface area contributed by atoms with Gasteiger partial charge in [-0.15, -0.1) is 0 Å². The molecule has 1 aromatic heterocycles. The van der Waals surface area contributed by atoms with Gasteiger partial charge in [0.15, 0.2) is 5.60 Å². The minimum Gasteiger partial charge on any atom is -0.466 e. The van der Waals surface area contributed by atoms with Crippen molar-refractivity contribution in [1.29, 1.82) is 0 Å². The fraction of sp³-hybridized carbons (Fsp3) is 0.348. The first-order valence-corrected chi connectivity index (χ1v) is 20.2. The van der Waals surface area contributed by atoms with Gasteiger partial charge in [-0.05, 0) is 67.3 Å². The molecule has 0 fully saturated rings. The number of nitrogens with one attached hydrogen (secondary N) is 3. The molecule has 3 N–H and O–H groups in total. The van der Waals surface area contributed by atoms with Crippen LogP contribution in [-0.2, 0) is 36.0 Å². The average molecular weight is 833 g/mol. The highest BCUT2D eigenvalue weighted by molar-refractivity contribution is 6.04. The summed E-state index contributed by atoms with van der Waals surface area (Å²) in [7, 11) is 8.91. The summed E-state index contributed by atoms with van der Waals surface area (Å²) < 4.78 is 18.7. The van der Waals surface area contributed by atoms with Crippen LogP contribution in [0, 0.1) is 5.92 Å². The number of carbonyl (C=O) groups excluding carboxylic acids is 5. The number of aromatic nitrogens is 1. The van der Waals surface area contributed by atoms with E-state index in [4.69, 9.17) is 9.47 Å². The number of nitrogens with zero attached hydrogens (tertiary/aromatic N) is 3. The van der Waals surface area contributed by atoms with E-state index in [1.165, 1.54) is 48.2 Å². The number of hydrogen-bond donors (Lipinski definition) is 3. The molecule has 320 valence electrons. The summed E-state index contributed by atoms with van der Waals surface area (Å²) in [5.74, 6) is -1.62. The van der Waals surface area contributed by atoms with E-state index in [0.717, 1.165) is 24.2 Å². The summed E-state index contributed by atoms with van der Waals surface area (Å²) in [6, 6.07) is 17.8. The van der Waals surface area contributed by atoms with Gasteiger partial charge in [0.2, 0.25) is 11.8 Å². The molecule has 2 aliphatic rings. The summed E-state index contributed by atoms with van der Waals surface area (Å²) >= 11 is 0.